The van der Waals surface area contributed by atoms with Gasteiger partial charge >= 0.3 is 0 Å². The molecule has 0 saturated heterocycles. The highest BCUT2D eigenvalue weighted by Crippen LogP contribution is 2.31. The average Bonchev–Trinajstić information content (AvgIpc) is 3.09. The maximum Gasteiger partial charge on any atom is 0.123 e. The summed E-state index contributed by atoms with van der Waals surface area (Å²) >= 11 is 0. The van der Waals surface area contributed by atoms with Gasteiger partial charge in [-0.15, -0.1) is 0 Å². The molecule has 4 aromatic rings. The molecule has 2 aromatic heterocycles. The maximum atomic E-state index is 13.3. The number of halogens is 1. The second-order valence-corrected chi connectivity index (χ2v) is 6.56. The number of aromatic nitrogens is 3. The summed E-state index contributed by atoms with van der Waals surface area (Å²) in [5.74, 6) is 5.99. The zero-order valence-electron chi connectivity index (χ0n) is 15.6. The molecule has 136 valence electrons. The largest absolute Gasteiger partial charge is 0.275 e. The zero-order valence-corrected chi connectivity index (χ0v) is 15.6. The molecule has 0 aliphatic rings. The first-order chi connectivity index (χ1) is 13.6. The van der Waals surface area contributed by atoms with Crippen LogP contribution in [0.15, 0.2) is 72.9 Å². The Morgan fingerprint density at radius 2 is 1.57 bits per heavy atom. The van der Waals surface area contributed by atoms with Crippen molar-refractivity contribution in [3.05, 3.63) is 95.7 Å². The molecule has 0 fully saturated rings. The molecule has 0 aliphatic carbocycles. The van der Waals surface area contributed by atoms with Crippen LogP contribution in [0.1, 0.15) is 17.0 Å². The Kier molecular flexibility index (Phi) is 4.74. The Morgan fingerprint density at radius 1 is 0.857 bits per heavy atom. The lowest BCUT2D eigenvalue weighted by Crippen LogP contribution is -1.88. The van der Waals surface area contributed by atoms with Gasteiger partial charge < -0.3 is 0 Å². The van der Waals surface area contributed by atoms with Crippen molar-refractivity contribution >= 4 is 0 Å². The molecule has 3 nitrogen and oxygen atoms in total. The van der Waals surface area contributed by atoms with Gasteiger partial charge in [-0.25, -0.2) is 9.37 Å². The quantitative estimate of drug-likeness (QED) is 0.467. The fourth-order valence-electron chi connectivity index (χ4n) is 3.00. The third-order valence-corrected chi connectivity index (χ3v) is 4.37. The van der Waals surface area contributed by atoms with Crippen molar-refractivity contribution in [1.82, 2.24) is 14.8 Å². The van der Waals surface area contributed by atoms with E-state index in [2.05, 4.69) is 21.9 Å². The minimum absolute atomic E-state index is 0.250. The van der Waals surface area contributed by atoms with E-state index in [0.717, 1.165) is 39.3 Å². The van der Waals surface area contributed by atoms with E-state index in [-0.39, 0.29) is 5.82 Å². The van der Waals surface area contributed by atoms with Crippen molar-refractivity contribution in [2.45, 2.75) is 6.92 Å². The molecule has 0 unspecified atom stereocenters. The van der Waals surface area contributed by atoms with Gasteiger partial charge in [-0.05, 0) is 54.8 Å². The fourth-order valence-corrected chi connectivity index (χ4v) is 3.00. The first-order valence-electron chi connectivity index (χ1n) is 8.94. The van der Waals surface area contributed by atoms with Crippen molar-refractivity contribution in [2.24, 2.45) is 7.05 Å². The van der Waals surface area contributed by atoms with Gasteiger partial charge in [0, 0.05) is 35.6 Å². The Labute approximate surface area is 163 Å². The highest BCUT2D eigenvalue weighted by atomic mass is 19.1. The van der Waals surface area contributed by atoms with Crippen LogP contribution in [-0.4, -0.2) is 14.8 Å². The van der Waals surface area contributed by atoms with Crippen molar-refractivity contribution in [3.63, 3.8) is 0 Å². The monoisotopic (exact) mass is 367 g/mol. The van der Waals surface area contributed by atoms with Gasteiger partial charge in [0.05, 0.1) is 0 Å². The van der Waals surface area contributed by atoms with E-state index in [4.69, 9.17) is 0 Å². The van der Waals surface area contributed by atoms with Crippen LogP contribution in [-0.2, 0) is 7.05 Å². The van der Waals surface area contributed by atoms with Crippen LogP contribution in [0, 0.1) is 24.6 Å². The van der Waals surface area contributed by atoms with E-state index in [1.807, 2.05) is 62.6 Å². The van der Waals surface area contributed by atoms with Crippen LogP contribution in [0.3, 0.4) is 0 Å². The summed E-state index contributed by atoms with van der Waals surface area (Å²) in [5, 5.41) is 4.59. The van der Waals surface area contributed by atoms with Crippen molar-refractivity contribution in [3.8, 4) is 34.2 Å². The lowest BCUT2D eigenvalue weighted by Gasteiger charge is -2.03. The normalized spacial score (nSPS) is 10.4. The summed E-state index contributed by atoms with van der Waals surface area (Å²) in [6.45, 7) is 1.95. The molecule has 0 amide bonds. The first-order valence-corrected chi connectivity index (χ1v) is 8.94. The summed E-state index contributed by atoms with van der Waals surface area (Å²) in [4.78, 5) is 4.39. The summed E-state index contributed by atoms with van der Waals surface area (Å²) in [6, 6.07) is 20.2. The van der Waals surface area contributed by atoms with Crippen LogP contribution in [0.2, 0.25) is 0 Å². The second kappa shape index (κ2) is 7.50. The van der Waals surface area contributed by atoms with E-state index in [9.17, 15) is 4.39 Å². The Hall–Kier alpha value is -3.71. The standard InChI is InChI=1S/C24H18FN3/c1-17-4-3-5-22(26-17)15-8-18-6-9-20(10-7-18)24-23(16-28(2)27-24)19-11-13-21(25)14-12-19/h3-7,9-14,16H,1-2H3. The van der Waals surface area contributed by atoms with Crippen molar-refractivity contribution in [1.29, 1.82) is 0 Å². The van der Waals surface area contributed by atoms with E-state index in [0.29, 0.717) is 0 Å². The summed E-state index contributed by atoms with van der Waals surface area (Å²) in [6.07, 6.45) is 1.94. The number of nitrogens with zero attached hydrogens (tertiary/aromatic N) is 3. The maximum absolute atomic E-state index is 13.3. The van der Waals surface area contributed by atoms with Gasteiger partial charge in [0.25, 0.3) is 0 Å². The number of benzene rings is 2. The Morgan fingerprint density at radius 3 is 2.29 bits per heavy atom. The molecule has 2 aromatic carbocycles. The molecule has 0 saturated carbocycles. The number of hydrogen-bond donors (Lipinski definition) is 0. The van der Waals surface area contributed by atoms with Gasteiger partial charge in [-0.1, -0.05) is 36.3 Å². The SMILES string of the molecule is Cc1cccc(C#Cc2ccc(-c3nn(C)cc3-c3ccc(F)cc3)cc2)n1. The van der Waals surface area contributed by atoms with Crippen LogP contribution in [0.4, 0.5) is 4.39 Å². The van der Waals surface area contributed by atoms with Gasteiger partial charge in [0.15, 0.2) is 0 Å². The predicted molar refractivity (Wildman–Crippen MR) is 109 cm³/mol. The number of aryl methyl sites for hydroxylation is 2. The molecule has 28 heavy (non-hydrogen) atoms. The van der Waals surface area contributed by atoms with E-state index in [1.165, 1.54) is 12.1 Å². The Bertz CT molecular complexity index is 1180. The molecule has 0 bridgehead atoms. The summed E-state index contributed by atoms with van der Waals surface area (Å²) < 4.78 is 15.0. The van der Waals surface area contributed by atoms with Gasteiger partial charge in [-0.3, -0.25) is 4.68 Å². The Balaban J connectivity index is 1.64. The highest BCUT2D eigenvalue weighted by molar-refractivity contribution is 5.80. The van der Waals surface area contributed by atoms with Crippen LogP contribution < -0.4 is 0 Å². The van der Waals surface area contributed by atoms with Gasteiger partial charge in [0.1, 0.15) is 17.2 Å². The van der Waals surface area contributed by atoms with E-state index < -0.39 is 0 Å². The second-order valence-electron chi connectivity index (χ2n) is 6.56. The van der Waals surface area contributed by atoms with E-state index >= 15 is 0 Å². The molecule has 0 radical (unpaired) electrons. The number of pyridine rings is 1. The predicted octanol–water partition coefficient (Wildman–Crippen LogP) is 5.00. The van der Waals surface area contributed by atoms with Crippen LogP contribution >= 0.6 is 0 Å². The summed E-state index contributed by atoms with van der Waals surface area (Å²) in [5.41, 5.74) is 6.35. The van der Waals surface area contributed by atoms with Gasteiger partial charge in [0.2, 0.25) is 0 Å². The minimum Gasteiger partial charge on any atom is -0.275 e. The molecule has 0 aliphatic heterocycles. The topological polar surface area (TPSA) is 30.7 Å². The van der Waals surface area contributed by atoms with Gasteiger partial charge in [-0.2, -0.15) is 5.10 Å². The number of rotatable bonds is 2. The molecule has 0 atom stereocenters. The molecular weight excluding hydrogens is 349 g/mol. The molecular formula is C24H18FN3. The van der Waals surface area contributed by atoms with Crippen molar-refractivity contribution in [2.75, 3.05) is 0 Å². The third-order valence-electron chi connectivity index (χ3n) is 4.37. The highest BCUT2D eigenvalue weighted by Gasteiger charge is 2.12. The van der Waals surface area contributed by atoms with Crippen molar-refractivity contribution < 1.29 is 4.39 Å². The first kappa shape index (κ1) is 17.7. The lowest BCUT2D eigenvalue weighted by molar-refractivity contribution is 0.628. The molecule has 0 N–H and O–H groups in total. The smallest absolute Gasteiger partial charge is 0.123 e. The zero-order chi connectivity index (χ0) is 19.5. The van der Waals surface area contributed by atoms with Crippen LogP contribution in [0.25, 0.3) is 22.4 Å². The molecule has 4 rings (SSSR count). The van der Waals surface area contributed by atoms with Crippen LogP contribution in [0.5, 0.6) is 0 Å². The van der Waals surface area contributed by atoms with E-state index in [1.54, 1.807) is 16.8 Å². The number of hydrogen-bond acceptors (Lipinski definition) is 2. The minimum atomic E-state index is -0.250. The lowest BCUT2D eigenvalue weighted by atomic mass is 10.0. The molecule has 2 heterocycles. The summed E-state index contributed by atoms with van der Waals surface area (Å²) in [7, 11) is 1.88. The molecule has 0 spiro atoms. The third kappa shape index (κ3) is 3.84. The average molecular weight is 367 g/mol. The molecule has 4 heteroatoms. The fraction of sp³-hybridized carbons (Fsp3) is 0.0833.